The van der Waals surface area contributed by atoms with Crippen molar-refractivity contribution in [1.82, 2.24) is 25.3 Å². The van der Waals surface area contributed by atoms with E-state index in [1.165, 1.54) is 7.11 Å². The summed E-state index contributed by atoms with van der Waals surface area (Å²) in [5.41, 5.74) is 15.7. The molecule has 5 rings (SSSR count). The number of rotatable bonds is 13. The van der Waals surface area contributed by atoms with Gasteiger partial charge in [0, 0.05) is 70.2 Å². The fourth-order valence-corrected chi connectivity index (χ4v) is 7.39. The highest BCUT2D eigenvalue weighted by Gasteiger charge is 2.35. The molecule has 0 fully saturated rings. The number of carbonyl (C=O) groups excluding carboxylic acids is 2. The van der Waals surface area contributed by atoms with Crippen molar-refractivity contribution in [1.29, 1.82) is 0 Å². The molecule has 3 aromatic rings. The highest BCUT2D eigenvalue weighted by atomic mass is 16.5. The normalized spacial score (nSPS) is 16.2. The van der Waals surface area contributed by atoms with E-state index in [0.29, 0.717) is 41.4 Å². The van der Waals surface area contributed by atoms with Gasteiger partial charge in [-0.15, -0.1) is 0 Å². The number of methoxy groups -OCH3 is 1. The maximum atomic E-state index is 14.1. The van der Waals surface area contributed by atoms with E-state index in [9.17, 15) is 24.6 Å². The molecule has 0 saturated heterocycles. The summed E-state index contributed by atoms with van der Waals surface area (Å²) in [4.78, 5) is 56.4. The molecule has 0 spiro atoms. The fraction of sp³-hybridized carbons (Fsp3) is 0.462. The number of aliphatic hydroxyl groups is 1. The van der Waals surface area contributed by atoms with Crippen molar-refractivity contribution >= 4 is 51.1 Å². The lowest BCUT2D eigenvalue weighted by Crippen LogP contribution is -2.29. The summed E-state index contributed by atoms with van der Waals surface area (Å²) in [6.45, 7) is 12.8. The Morgan fingerprint density at radius 2 is 1.71 bits per heavy atom. The number of fused-ring (bicyclic) bond motifs is 8. The minimum absolute atomic E-state index is 0.129. The van der Waals surface area contributed by atoms with Crippen LogP contribution < -0.4 is 11.1 Å². The van der Waals surface area contributed by atoms with Crippen molar-refractivity contribution in [3.8, 4) is 0 Å². The number of nitrogens with one attached hydrogen (secondary N) is 3. The lowest BCUT2D eigenvalue weighted by atomic mass is 9.84. The van der Waals surface area contributed by atoms with Gasteiger partial charge in [0.25, 0.3) is 5.91 Å². The number of nitrogens with two attached hydrogens (primary N) is 1. The lowest BCUT2D eigenvalue weighted by Gasteiger charge is -2.18. The van der Waals surface area contributed by atoms with Gasteiger partial charge in [0.1, 0.15) is 0 Å². The van der Waals surface area contributed by atoms with Crippen LogP contribution in [0.15, 0.2) is 18.2 Å². The van der Waals surface area contributed by atoms with Gasteiger partial charge in [0.05, 0.1) is 55.5 Å². The van der Waals surface area contributed by atoms with Crippen LogP contribution in [0.2, 0.25) is 0 Å². The second-order valence-electron chi connectivity index (χ2n) is 13.5. The molecule has 2 aliphatic heterocycles. The second kappa shape index (κ2) is 16.2. The molecule has 8 bridgehead atoms. The van der Waals surface area contributed by atoms with Gasteiger partial charge in [-0.3, -0.25) is 19.4 Å². The van der Waals surface area contributed by atoms with Gasteiger partial charge in [-0.25, -0.2) is 4.98 Å². The van der Waals surface area contributed by atoms with Crippen molar-refractivity contribution in [3.63, 3.8) is 0 Å². The number of nitrogens with zero attached hydrogens (tertiary/aromatic N) is 2. The molecule has 3 unspecified atom stereocenters. The van der Waals surface area contributed by atoms with E-state index in [0.717, 1.165) is 50.7 Å². The summed E-state index contributed by atoms with van der Waals surface area (Å²) in [6.07, 6.45) is -0.182. The number of allylic oxidation sites excluding steroid dienone is 1. The van der Waals surface area contributed by atoms with Crippen LogP contribution in [0.3, 0.4) is 0 Å². The van der Waals surface area contributed by atoms with Crippen LogP contribution in [0.5, 0.6) is 0 Å². The van der Waals surface area contributed by atoms with E-state index in [1.54, 1.807) is 6.92 Å². The molecule has 0 radical (unpaired) electrons. The maximum Gasteiger partial charge on any atom is 0.310 e. The minimum Gasteiger partial charge on any atom is -0.481 e. The molecule has 0 aromatic carbocycles. The predicted molar refractivity (Wildman–Crippen MR) is 200 cm³/mol. The Kier molecular flexibility index (Phi) is 12.0. The molecule has 2 aliphatic rings. The third-order valence-corrected chi connectivity index (χ3v) is 10.2. The zero-order valence-electron chi connectivity index (χ0n) is 31.0. The number of amides is 1. The number of aromatic nitrogens is 4. The van der Waals surface area contributed by atoms with Crippen LogP contribution in [-0.4, -0.2) is 81.4 Å². The number of aliphatic hydroxyl groups excluding tert-OH is 1. The van der Waals surface area contributed by atoms with E-state index < -0.39 is 29.9 Å². The van der Waals surface area contributed by atoms with Gasteiger partial charge in [-0.2, -0.15) is 0 Å². The number of hydrogen-bond acceptors (Lipinski definition) is 9. The van der Waals surface area contributed by atoms with Gasteiger partial charge in [0.15, 0.2) is 0 Å². The van der Waals surface area contributed by atoms with E-state index in [1.807, 2.05) is 45.9 Å². The zero-order valence-corrected chi connectivity index (χ0v) is 31.0. The summed E-state index contributed by atoms with van der Waals surface area (Å²) in [6, 6.07) is 5.84. The van der Waals surface area contributed by atoms with E-state index in [2.05, 4.69) is 22.2 Å². The quantitative estimate of drug-likeness (QED) is 0.103. The van der Waals surface area contributed by atoms with Crippen LogP contribution in [0.1, 0.15) is 109 Å². The molecule has 3 atom stereocenters. The summed E-state index contributed by atoms with van der Waals surface area (Å²) in [7, 11) is 1.29. The number of hydrogen-bond donors (Lipinski definition) is 6. The molecule has 0 aliphatic carbocycles. The summed E-state index contributed by atoms with van der Waals surface area (Å²) < 4.78 is 10.6. The van der Waals surface area contributed by atoms with Gasteiger partial charge in [0.2, 0.25) is 0 Å². The van der Waals surface area contributed by atoms with Gasteiger partial charge in [-0.1, -0.05) is 13.8 Å². The smallest absolute Gasteiger partial charge is 0.310 e. The molecule has 3 aromatic heterocycles. The molecular formula is C39H50N6O7. The second-order valence-corrected chi connectivity index (χ2v) is 13.5. The van der Waals surface area contributed by atoms with Crippen molar-refractivity contribution in [2.24, 2.45) is 5.73 Å². The standard InChI is InChI=1S/C39H50N6O7/c1-8-24-19(2)27-18-32-35(23(6)46)21(4)29(43-32)16-28-20(3)25(9-10-33(47)48)37(44-28)26(15-34(49)51-7)38-36(39(50)41-12-14-52-13-11-40)22(5)30(45-38)17-31(24)42-27/h16-18,20,23,25,42-43,46H,8-15,40H2,1-7H3,(H,41,50)(H,47,48). The van der Waals surface area contributed by atoms with Crippen molar-refractivity contribution < 1.29 is 34.1 Å². The highest BCUT2D eigenvalue weighted by molar-refractivity contribution is 6.27. The molecule has 7 N–H and O–H groups in total. The minimum atomic E-state index is -0.956. The number of carboxylic acids is 1. The molecular weight excluding hydrogens is 664 g/mol. The number of aryl methyl sites for hydroxylation is 3. The number of aromatic amines is 2. The Bertz CT molecular complexity index is 2080. The van der Waals surface area contributed by atoms with E-state index in [4.69, 9.17) is 25.2 Å². The summed E-state index contributed by atoms with van der Waals surface area (Å²) in [5, 5.41) is 23.6. The first-order chi connectivity index (χ1) is 24.8. The number of carbonyl (C=O) groups is 3. The molecule has 5 heterocycles. The first-order valence-corrected chi connectivity index (χ1v) is 17.8. The van der Waals surface area contributed by atoms with Crippen LogP contribution >= 0.6 is 0 Å². The van der Waals surface area contributed by atoms with Gasteiger partial charge >= 0.3 is 11.9 Å². The van der Waals surface area contributed by atoms with Gasteiger partial charge < -0.3 is 40.7 Å². The van der Waals surface area contributed by atoms with Crippen LogP contribution in [-0.2, 0) is 36.7 Å². The largest absolute Gasteiger partial charge is 0.481 e. The fourth-order valence-electron chi connectivity index (χ4n) is 7.39. The van der Waals surface area contributed by atoms with E-state index in [-0.39, 0.29) is 49.6 Å². The van der Waals surface area contributed by atoms with Crippen molar-refractivity contribution in [2.45, 2.75) is 85.2 Å². The summed E-state index contributed by atoms with van der Waals surface area (Å²) in [5.74, 6) is -2.58. The number of ether oxygens (including phenoxy) is 2. The number of carboxylic acid groups (broad SMARTS) is 1. The van der Waals surface area contributed by atoms with Crippen molar-refractivity contribution in [3.05, 3.63) is 68.8 Å². The summed E-state index contributed by atoms with van der Waals surface area (Å²) >= 11 is 0. The number of aliphatic carboxylic acids is 1. The highest BCUT2D eigenvalue weighted by Crippen LogP contribution is 2.44. The molecule has 278 valence electrons. The first kappa shape index (κ1) is 38.4. The molecule has 13 heteroatoms. The van der Waals surface area contributed by atoms with Gasteiger partial charge in [-0.05, 0) is 81.0 Å². The SMILES string of the molecule is CCc1c(C)c2cc3[nH]c(cc4nc(c(CC(=O)OC)c5nc(cc1[nH]2)C(C)=C5C(=O)NCCOCCN)C(CCC(=O)O)C4C)c(C)c3C(C)O. The Balaban J connectivity index is 1.94. The molecule has 1 amide bonds. The number of esters is 1. The molecule has 13 nitrogen and oxygen atoms in total. The Labute approximate surface area is 303 Å². The average Bonchev–Trinajstić information content (AvgIpc) is 3.78. The number of H-pyrrole nitrogens is 2. The van der Waals surface area contributed by atoms with E-state index >= 15 is 0 Å². The molecule has 52 heavy (non-hydrogen) atoms. The Morgan fingerprint density at radius 1 is 1.00 bits per heavy atom. The van der Waals surface area contributed by atoms with Crippen LogP contribution in [0, 0.1) is 13.8 Å². The first-order valence-electron chi connectivity index (χ1n) is 17.8. The van der Waals surface area contributed by atoms with Crippen LogP contribution in [0.4, 0.5) is 0 Å². The topological polar surface area (TPSA) is 206 Å². The van der Waals surface area contributed by atoms with Crippen molar-refractivity contribution in [2.75, 3.05) is 33.4 Å². The maximum absolute atomic E-state index is 14.1. The monoisotopic (exact) mass is 714 g/mol. The predicted octanol–water partition coefficient (Wildman–Crippen LogP) is 5.04. The zero-order chi connectivity index (χ0) is 37.9. The third kappa shape index (κ3) is 7.67. The Hall–Kier alpha value is -4.85. The van der Waals surface area contributed by atoms with Crippen LogP contribution in [0.25, 0.3) is 33.2 Å². The lowest BCUT2D eigenvalue weighted by molar-refractivity contribution is -0.140. The Morgan fingerprint density at radius 3 is 2.37 bits per heavy atom. The third-order valence-electron chi connectivity index (χ3n) is 10.2. The average molecular weight is 715 g/mol. The molecule has 0 saturated carbocycles.